The maximum absolute atomic E-state index is 5.65. The van der Waals surface area contributed by atoms with Gasteiger partial charge in [-0.15, -0.1) is 0 Å². The molecule has 1 heteroatoms. The zero-order valence-corrected chi connectivity index (χ0v) is 7.73. The fourth-order valence-corrected chi connectivity index (χ4v) is 2.65. The third-order valence-electron chi connectivity index (χ3n) is 3.33. The van der Waals surface area contributed by atoms with E-state index in [2.05, 4.69) is 36.4 Å². The van der Waals surface area contributed by atoms with Crippen molar-refractivity contribution in [3.05, 3.63) is 47.5 Å². The van der Waals surface area contributed by atoms with Crippen LogP contribution < -0.4 is 0 Å². The first kappa shape index (κ1) is 7.02. The average Bonchev–Trinajstić information content (AvgIpc) is 2.98. The molecule has 1 saturated heterocycles. The van der Waals surface area contributed by atoms with Gasteiger partial charge in [0.2, 0.25) is 0 Å². The first-order valence-electron chi connectivity index (χ1n) is 5.09. The van der Waals surface area contributed by atoms with Gasteiger partial charge in [-0.25, -0.2) is 0 Å². The van der Waals surface area contributed by atoms with Gasteiger partial charge in [-0.2, -0.15) is 0 Å². The summed E-state index contributed by atoms with van der Waals surface area (Å²) in [6.07, 6.45) is 1.96. The van der Waals surface area contributed by atoms with Crippen molar-refractivity contribution in [2.24, 2.45) is 0 Å². The van der Waals surface area contributed by atoms with Crippen LogP contribution in [-0.4, -0.2) is 6.10 Å². The molecule has 1 nitrogen and oxygen atoms in total. The van der Waals surface area contributed by atoms with Crippen molar-refractivity contribution in [3.63, 3.8) is 0 Å². The lowest BCUT2D eigenvalue weighted by atomic mass is 9.89. The molecular weight excluding hydrogens is 172 g/mol. The van der Waals surface area contributed by atoms with Crippen molar-refractivity contribution in [1.82, 2.24) is 0 Å². The van der Waals surface area contributed by atoms with Crippen LogP contribution in [0.1, 0.15) is 17.2 Å². The smallest absolute Gasteiger partial charge is 0.110 e. The minimum atomic E-state index is 0.397. The molecule has 1 heterocycles. The van der Waals surface area contributed by atoms with E-state index < -0.39 is 0 Å². The first-order valence-corrected chi connectivity index (χ1v) is 5.09. The van der Waals surface area contributed by atoms with Crippen LogP contribution in [0.2, 0.25) is 0 Å². The second-order valence-corrected chi connectivity index (χ2v) is 4.16. The Morgan fingerprint density at radius 1 is 1.07 bits per heavy atom. The Kier molecular flexibility index (Phi) is 1.09. The fraction of sp³-hybridized carbons (Fsp3) is 0.231. The van der Waals surface area contributed by atoms with Crippen molar-refractivity contribution >= 4 is 10.8 Å². The van der Waals surface area contributed by atoms with Gasteiger partial charge in [-0.3, -0.25) is 0 Å². The summed E-state index contributed by atoms with van der Waals surface area (Å²) in [5, 5.41) is 2.79. The molecule has 4 rings (SSSR count). The lowest BCUT2D eigenvalue weighted by Gasteiger charge is -2.13. The monoisotopic (exact) mass is 182 g/mol. The summed E-state index contributed by atoms with van der Waals surface area (Å²) >= 11 is 0. The van der Waals surface area contributed by atoms with Crippen LogP contribution in [0.25, 0.3) is 10.8 Å². The topological polar surface area (TPSA) is 12.5 Å². The number of hydrogen-bond donors (Lipinski definition) is 0. The third kappa shape index (κ3) is 0.740. The average molecular weight is 182 g/mol. The number of hydrogen-bond acceptors (Lipinski definition) is 1. The molecular formula is C13H10O. The van der Waals surface area contributed by atoms with Crippen molar-refractivity contribution in [2.75, 3.05) is 0 Å². The van der Waals surface area contributed by atoms with Gasteiger partial charge in [-0.05, 0) is 21.9 Å². The minimum absolute atomic E-state index is 0.397. The molecule has 0 bridgehead atoms. The Morgan fingerprint density at radius 3 is 2.86 bits per heavy atom. The molecule has 0 spiro atoms. The molecule has 2 aromatic carbocycles. The zero-order valence-electron chi connectivity index (χ0n) is 7.73. The third-order valence-corrected chi connectivity index (χ3v) is 3.33. The Balaban J connectivity index is 2.21. The van der Waals surface area contributed by atoms with Gasteiger partial charge in [0, 0.05) is 6.42 Å². The molecule has 2 aliphatic rings. The highest BCUT2D eigenvalue weighted by molar-refractivity contribution is 5.90. The number of benzene rings is 2. The van der Waals surface area contributed by atoms with Crippen LogP contribution in [0.4, 0.5) is 0 Å². The van der Waals surface area contributed by atoms with Gasteiger partial charge in [0.1, 0.15) is 6.10 Å². The predicted octanol–water partition coefficient (Wildman–Crippen LogP) is 2.84. The second kappa shape index (κ2) is 2.18. The maximum atomic E-state index is 5.65. The van der Waals surface area contributed by atoms with Crippen molar-refractivity contribution in [2.45, 2.75) is 18.6 Å². The summed E-state index contributed by atoms with van der Waals surface area (Å²) in [5.74, 6) is 0. The molecule has 2 atom stereocenters. The molecule has 68 valence electrons. The largest absolute Gasteiger partial charge is 0.364 e. The highest BCUT2D eigenvalue weighted by Crippen LogP contribution is 2.48. The fourth-order valence-electron chi connectivity index (χ4n) is 2.65. The van der Waals surface area contributed by atoms with Crippen LogP contribution in [0.3, 0.4) is 0 Å². The Hall–Kier alpha value is -1.34. The Labute approximate surface area is 82.3 Å². The summed E-state index contributed by atoms with van der Waals surface area (Å²) in [4.78, 5) is 0. The molecule has 0 radical (unpaired) electrons. The van der Waals surface area contributed by atoms with Crippen LogP contribution in [-0.2, 0) is 11.2 Å². The van der Waals surface area contributed by atoms with E-state index in [1.54, 1.807) is 0 Å². The number of epoxide rings is 1. The van der Waals surface area contributed by atoms with Gasteiger partial charge in [0.25, 0.3) is 0 Å². The standard InChI is InChI=1S/C13H10O/c1-3-8-4-2-6-10-12(8)9(5-1)7-11-13(10)14-11/h1-6,11,13H,7H2. The molecule has 2 aromatic rings. The van der Waals surface area contributed by atoms with E-state index in [9.17, 15) is 0 Å². The minimum Gasteiger partial charge on any atom is -0.364 e. The molecule has 1 aliphatic carbocycles. The Morgan fingerprint density at radius 2 is 1.93 bits per heavy atom. The maximum Gasteiger partial charge on any atom is 0.110 e. The van der Waals surface area contributed by atoms with Crippen LogP contribution >= 0.6 is 0 Å². The van der Waals surface area contributed by atoms with Crippen LogP contribution in [0.5, 0.6) is 0 Å². The lowest BCUT2D eigenvalue weighted by molar-refractivity contribution is 0.376. The molecule has 0 amide bonds. The van der Waals surface area contributed by atoms with Gasteiger partial charge < -0.3 is 4.74 Å². The summed E-state index contributed by atoms with van der Waals surface area (Å²) in [6, 6.07) is 13.1. The highest BCUT2D eigenvalue weighted by Gasteiger charge is 2.44. The molecule has 2 unspecified atom stereocenters. The number of rotatable bonds is 0. The summed E-state index contributed by atoms with van der Waals surface area (Å²) < 4.78 is 5.65. The number of fused-ring (bicyclic) bond motifs is 2. The highest BCUT2D eigenvalue weighted by atomic mass is 16.6. The first-order chi connectivity index (χ1) is 6.93. The molecule has 0 saturated carbocycles. The molecule has 1 aliphatic heterocycles. The van der Waals surface area contributed by atoms with Gasteiger partial charge in [0.05, 0.1) is 6.10 Å². The van der Waals surface area contributed by atoms with E-state index in [0.717, 1.165) is 6.42 Å². The summed E-state index contributed by atoms with van der Waals surface area (Å²) in [6.45, 7) is 0. The molecule has 0 aromatic heterocycles. The quantitative estimate of drug-likeness (QED) is 0.571. The molecule has 0 N–H and O–H groups in total. The van der Waals surface area contributed by atoms with Gasteiger partial charge >= 0.3 is 0 Å². The zero-order chi connectivity index (χ0) is 9.12. The van der Waals surface area contributed by atoms with Crippen molar-refractivity contribution in [3.8, 4) is 0 Å². The van der Waals surface area contributed by atoms with E-state index >= 15 is 0 Å². The van der Waals surface area contributed by atoms with E-state index in [0.29, 0.717) is 12.2 Å². The van der Waals surface area contributed by atoms with E-state index in [-0.39, 0.29) is 0 Å². The Bertz CT molecular complexity index is 524. The van der Waals surface area contributed by atoms with E-state index in [1.807, 2.05) is 0 Å². The van der Waals surface area contributed by atoms with Crippen molar-refractivity contribution in [1.29, 1.82) is 0 Å². The van der Waals surface area contributed by atoms with Gasteiger partial charge in [0.15, 0.2) is 0 Å². The normalized spacial score (nSPS) is 27.4. The second-order valence-electron chi connectivity index (χ2n) is 4.16. The predicted molar refractivity (Wildman–Crippen MR) is 55.3 cm³/mol. The summed E-state index contributed by atoms with van der Waals surface area (Å²) in [5.41, 5.74) is 2.85. The van der Waals surface area contributed by atoms with E-state index in [1.165, 1.54) is 21.9 Å². The molecule has 1 fully saturated rings. The van der Waals surface area contributed by atoms with Crippen molar-refractivity contribution < 1.29 is 4.74 Å². The van der Waals surface area contributed by atoms with E-state index in [4.69, 9.17) is 4.74 Å². The van der Waals surface area contributed by atoms with Crippen LogP contribution in [0.15, 0.2) is 36.4 Å². The van der Waals surface area contributed by atoms with Gasteiger partial charge in [-0.1, -0.05) is 36.4 Å². The number of ether oxygens (including phenoxy) is 1. The SMILES string of the molecule is c1cc2c3c(cccc3c1)C1OC1C2. The molecule has 14 heavy (non-hydrogen) atoms. The lowest BCUT2D eigenvalue weighted by Crippen LogP contribution is -2.03. The van der Waals surface area contributed by atoms with Crippen LogP contribution in [0, 0.1) is 0 Å². The summed E-state index contributed by atoms with van der Waals surface area (Å²) in [7, 11) is 0.